The molecule has 2 rings (SSSR count). The summed E-state index contributed by atoms with van der Waals surface area (Å²) in [6, 6.07) is 6.55. The zero-order valence-electron chi connectivity index (χ0n) is 11.5. The molecular weight excluding hydrogens is 258 g/mol. The first-order chi connectivity index (χ1) is 9.61. The van der Waals surface area contributed by atoms with Crippen molar-refractivity contribution in [2.24, 2.45) is 0 Å². The van der Waals surface area contributed by atoms with E-state index in [2.05, 4.69) is 5.32 Å². The summed E-state index contributed by atoms with van der Waals surface area (Å²) in [4.78, 5) is 27.3. The number of phenolic OH excluding ortho intramolecular Hbond substituents is 1. The number of likely N-dealkylation sites (N-methyl/N-ethyl adjacent to an activating group) is 1. The number of carbonyl (C=O) groups is 2. The number of amides is 2. The Kier molecular flexibility index (Phi) is 4.57. The van der Waals surface area contributed by atoms with Gasteiger partial charge in [0.15, 0.2) is 0 Å². The molecule has 1 aliphatic rings. The van der Waals surface area contributed by atoms with Gasteiger partial charge >= 0.3 is 0 Å². The number of nitrogens with zero attached hydrogens (tertiary/aromatic N) is 2. The number of hydrogen-bond donors (Lipinski definition) is 2. The van der Waals surface area contributed by atoms with Crippen molar-refractivity contribution in [1.29, 1.82) is 0 Å². The van der Waals surface area contributed by atoms with Crippen LogP contribution in [0.5, 0.6) is 5.75 Å². The third-order valence-electron chi connectivity index (χ3n) is 3.44. The van der Waals surface area contributed by atoms with Crippen molar-refractivity contribution in [3.63, 3.8) is 0 Å². The van der Waals surface area contributed by atoms with Gasteiger partial charge in [0, 0.05) is 33.2 Å². The molecule has 0 spiro atoms. The number of piperazine rings is 1. The number of nitrogens with one attached hydrogen (secondary N) is 1. The molecule has 0 aliphatic carbocycles. The molecule has 0 atom stereocenters. The van der Waals surface area contributed by atoms with E-state index in [9.17, 15) is 14.7 Å². The molecule has 1 aliphatic heterocycles. The van der Waals surface area contributed by atoms with Crippen LogP contribution in [-0.2, 0) is 4.79 Å². The summed E-state index contributed by atoms with van der Waals surface area (Å²) in [6.45, 7) is 2.79. The van der Waals surface area contributed by atoms with Crippen LogP contribution < -0.4 is 5.32 Å². The number of para-hydroxylation sites is 1. The zero-order valence-corrected chi connectivity index (χ0v) is 11.5. The Bertz CT molecular complexity index is 496. The molecule has 108 valence electrons. The second kappa shape index (κ2) is 6.38. The maximum absolute atomic E-state index is 12.3. The third-order valence-corrected chi connectivity index (χ3v) is 3.44. The van der Waals surface area contributed by atoms with Crippen LogP contribution in [0.1, 0.15) is 10.4 Å². The monoisotopic (exact) mass is 277 g/mol. The van der Waals surface area contributed by atoms with E-state index in [1.54, 1.807) is 30.1 Å². The van der Waals surface area contributed by atoms with Gasteiger partial charge in [0.05, 0.1) is 12.1 Å². The Labute approximate surface area is 118 Å². The molecule has 2 amide bonds. The van der Waals surface area contributed by atoms with Gasteiger partial charge in [-0.1, -0.05) is 12.1 Å². The van der Waals surface area contributed by atoms with Crippen molar-refractivity contribution in [2.75, 3.05) is 39.8 Å². The molecule has 0 radical (unpaired) electrons. The lowest BCUT2D eigenvalue weighted by Gasteiger charge is -2.34. The standard InChI is InChI=1S/C14H19N3O3/c1-15-13(19)10-16-6-8-17(9-7-16)14(20)11-4-2-3-5-12(11)18/h2-5,18H,6-10H2,1H3,(H,15,19). The Balaban J connectivity index is 1.92. The van der Waals surface area contributed by atoms with E-state index in [4.69, 9.17) is 0 Å². The summed E-state index contributed by atoms with van der Waals surface area (Å²) < 4.78 is 0. The Hall–Kier alpha value is -2.08. The van der Waals surface area contributed by atoms with E-state index in [0.29, 0.717) is 38.3 Å². The van der Waals surface area contributed by atoms with Crippen LogP contribution in [0.25, 0.3) is 0 Å². The van der Waals surface area contributed by atoms with Gasteiger partial charge in [-0.05, 0) is 12.1 Å². The van der Waals surface area contributed by atoms with Crippen LogP contribution in [0.3, 0.4) is 0 Å². The molecule has 2 N–H and O–H groups in total. The number of rotatable bonds is 3. The first kappa shape index (κ1) is 14.3. The lowest BCUT2D eigenvalue weighted by atomic mass is 10.1. The van der Waals surface area contributed by atoms with Crippen molar-refractivity contribution < 1.29 is 14.7 Å². The van der Waals surface area contributed by atoms with Crippen molar-refractivity contribution >= 4 is 11.8 Å². The van der Waals surface area contributed by atoms with E-state index in [1.807, 2.05) is 4.90 Å². The maximum atomic E-state index is 12.3. The number of benzene rings is 1. The molecule has 1 fully saturated rings. The second-order valence-corrected chi connectivity index (χ2v) is 4.76. The fraction of sp³-hybridized carbons (Fsp3) is 0.429. The summed E-state index contributed by atoms with van der Waals surface area (Å²) in [5.74, 6) is -0.182. The average molecular weight is 277 g/mol. The van der Waals surface area contributed by atoms with E-state index in [-0.39, 0.29) is 17.6 Å². The lowest BCUT2D eigenvalue weighted by molar-refractivity contribution is -0.122. The van der Waals surface area contributed by atoms with Crippen LogP contribution in [0.15, 0.2) is 24.3 Å². The van der Waals surface area contributed by atoms with Gasteiger partial charge in [-0.2, -0.15) is 0 Å². The minimum absolute atomic E-state index is 0.00490. The van der Waals surface area contributed by atoms with Crippen LogP contribution >= 0.6 is 0 Å². The Morgan fingerprint density at radius 3 is 2.45 bits per heavy atom. The highest BCUT2D eigenvalue weighted by molar-refractivity contribution is 5.96. The van der Waals surface area contributed by atoms with Crippen LogP contribution in [0.2, 0.25) is 0 Å². The predicted molar refractivity (Wildman–Crippen MR) is 74.5 cm³/mol. The Morgan fingerprint density at radius 1 is 1.20 bits per heavy atom. The number of hydrogen-bond acceptors (Lipinski definition) is 4. The van der Waals surface area contributed by atoms with Gasteiger partial charge in [-0.15, -0.1) is 0 Å². The van der Waals surface area contributed by atoms with E-state index in [0.717, 1.165) is 0 Å². The number of carbonyl (C=O) groups excluding carboxylic acids is 2. The molecule has 1 aromatic carbocycles. The Morgan fingerprint density at radius 2 is 1.85 bits per heavy atom. The summed E-state index contributed by atoms with van der Waals surface area (Å²) in [7, 11) is 1.61. The SMILES string of the molecule is CNC(=O)CN1CCN(C(=O)c2ccccc2O)CC1. The fourth-order valence-electron chi connectivity index (χ4n) is 2.22. The summed E-state index contributed by atoms with van der Waals surface area (Å²) in [5, 5.41) is 12.3. The molecule has 6 heteroatoms. The van der Waals surface area contributed by atoms with Crippen LogP contribution in [-0.4, -0.2) is 66.5 Å². The smallest absolute Gasteiger partial charge is 0.257 e. The molecular formula is C14H19N3O3. The van der Waals surface area contributed by atoms with Crippen molar-refractivity contribution in [3.05, 3.63) is 29.8 Å². The topological polar surface area (TPSA) is 72.9 Å². The van der Waals surface area contributed by atoms with E-state index in [1.165, 1.54) is 6.07 Å². The fourth-order valence-corrected chi connectivity index (χ4v) is 2.22. The normalized spacial score (nSPS) is 15.9. The average Bonchev–Trinajstić information content (AvgIpc) is 2.47. The van der Waals surface area contributed by atoms with E-state index >= 15 is 0 Å². The minimum atomic E-state index is -0.164. The number of aromatic hydroxyl groups is 1. The number of phenols is 1. The van der Waals surface area contributed by atoms with Gasteiger partial charge in [0.25, 0.3) is 5.91 Å². The molecule has 1 aromatic rings. The zero-order chi connectivity index (χ0) is 14.5. The van der Waals surface area contributed by atoms with Gasteiger partial charge in [0.1, 0.15) is 5.75 Å². The molecule has 6 nitrogen and oxygen atoms in total. The molecule has 1 saturated heterocycles. The predicted octanol–water partition coefficient (Wildman–Crippen LogP) is -0.104. The molecule has 1 heterocycles. The quantitative estimate of drug-likeness (QED) is 0.809. The first-order valence-electron chi connectivity index (χ1n) is 6.62. The highest BCUT2D eigenvalue weighted by atomic mass is 16.3. The van der Waals surface area contributed by atoms with Crippen LogP contribution in [0.4, 0.5) is 0 Å². The molecule has 0 unspecified atom stereocenters. The largest absolute Gasteiger partial charge is 0.507 e. The van der Waals surface area contributed by atoms with Gasteiger partial charge in [0.2, 0.25) is 5.91 Å². The highest BCUT2D eigenvalue weighted by Gasteiger charge is 2.24. The van der Waals surface area contributed by atoms with Gasteiger partial charge in [-0.25, -0.2) is 0 Å². The lowest BCUT2D eigenvalue weighted by Crippen LogP contribution is -2.50. The second-order valence-electron chi connectivity index (χ2n) is 4.76. The van der Waals surface area contributed by atoms with Gasteiger partial charge < -0.3 is 15.3 Å². The van der Waals surface area contributed by atoms with Crippen LogP contribution in [0, 0.1) is 0 Å². The molecule has 0 saturated carbocycles. The first-order valence-corrected chi connectivity index (χ1v) is 6.62. The van der Waals surface area contributed by atoms with Gasteiger partial charge in [-0.3, -0.25) is 14.5 Å². The van der Waals surface area contributed by atoms with Crippen molar-refractivity contribution in [1.82, 2.24) is 15.1 Å². The molecule has 0 bridgehead atoms. The highest BCUT2D eigenvalue weighted by Crippen LogP contribution is 2.18. The summed E-state index contributed by atoms with van der Waals surface area (Å²) >= 11 is 0. The van der Waals surface area contributed by atoms with Crippen molar-refractivity contribution in [3.8, 4) is 5.75 Å². The summed E-state index contributed by atoms with van der Waals surface area (Å²) in [6.07, 6.45) is 0. The summed E-state index contributed by atoms with van der Waals surface area (Å²) in [5.41, 5.74) is 0.326. The minimum Gasteiger partial charge on any atom is -0.507 e. The molecule has 20 heavy (non-hydrogen) atoms. The molecule has 0 aromatic heterocycles. The third kappa shape index (κ3) is 3.27. The van der Waals surface area contributed by atoms with Crippen molar-refractivity contribution in [2.45, 2.75) is 0 Å². The maximum Gasteiger partial charge on any atom is 0.257 e. The van der Waals surface area contributed by atoms with E-state index < -0.39 is 0 Å².